The summed E-state index contributed by atoms with van der Waals surface area (Å²) in [5.74, 6) is 0.947. The number of benzene rings is 1. The maximum atomic E-state index is 11.5. The Balaban J connectivity index is 1.92. The molecule has 0 aliphatic rings. The minimum absolute atomic E-state index is 0.135. The van der Waals surface area contributed by atoms with Crippen LogP contribution in [0.3, 0.4) is 0 Å². The van der Waals surface area contributed by atoms with Crippen molar-refractivity contribution in [3.05, 3.63) is 48.0 Å². The summed E-state index contributed by atoms with van der Waals surface area (Å²) in [6.07, 6.45) is 2.74. The van der Waals surface area contributed by atoms with E-state index in [0.717, 1.165) is 17.2 Å². The topological polar surface area (TPSA) is 59.0 Å². The fourth-order valence-electron chi connectivity index (χ4n) is 2.12. The van der Waals surface area contributed by atoms with Crippen molar-refractivity contribution in [3.8, 4) is 5.69 Å². The van der Waals surface area contributed by atoms with Crippen molar-refractivity contribution in [2.45, 2.75) is 33.2 Å². The van der Waals surface area contributed by atoms with Crippen molar-refractivity contribution in [1.82, 2.24) is 20.2 Å². The van der Waals surface area contributed by atoms with Crippen molar-refractivity contribution < 1.29 is 4.79 Å². The number of amides is 2. The van der Waals surface area contributed by atoms with Crippen molar-refractivity contribution in [1.29, 1.82) is 0 Å². The van der Waals surface area contributed by atoms with Crippen LogP contribution in [0.2, 0.25) is 0 Å². The van der Waals surface area contributed by atoms with Gasteiger partial charge in [0.1, 0.15) is 5.82 Å². The van der Waals surface area contributed by atoms with Gasteiger partial charge >= 0.3 is 6.03 Å². The first-order valence-electron chi connectivity index (χ1n) is 7.21. The molecule has 2 amide bonds. The second-order valence-corrected chi connectivity index (χ2v) is 5.29. The Bertz CT molecular complexity index is 590. The van der Waals surface area contributed by atoms with Gasteiger partial charge in [0.25, 0.3) is 0 Å². The smallest absolute Gasteiger partial charge is 0.314 e. The average molecular weight is 286 g/mol. The minimum atomic E-state index is -0.135. The molecule has 1 aromatic carbocycles. The van der Waals surface area contributed by atoms with Gasteiger partial charge in [-0.15, -0.1) is 0 Å². The van der Waals surface area contributed by atoms with E-state index in [0.29, 0.717) is 13.0 Å². The van der Waals surface area contributed by atoms with Gasteiger partial charge in [-0.2, -0.15) is 0 Å². The van der Waals surface area contributed by atoms with Gasteiger partial charge in [-0.1, -0.05) is 18.2 Å². The van der Waals surface area contributed by atoms with E-state index in [1.165, 1.54) is 0 Å². The van der Waals surface area contributed by atoms with E-state index in [2.05, 4.69) is 20.2 Å². The molecule has 1 heterocycles. The Hall–Kier alpha value is -2.30. The molecule has 0 aliphatic carbocycles. The highest BCUT2D eigenvalue weighted by atomic mass is 16.2. The monoisotopic (exact) mass is 286 g/mol. The number of urea groups is 1. The van der Waals surface area contributed by atoms with Crippen LogP contribution in [-0.4, -0.2) is 28.2 Å². The number of nitrogens with one attached hydrogen (secondary N) is 2. The Morgan fingerprint density at radius 3 is 2.67 bits per heavy atom. The average Bonchev–Trinajstić information content (AvgIpc) is 2.80. The lowest BCUT2D eigenvalue weighted by molar-refractivity contribution is 0.238. The number of carbonyl (C=O) groups excluding carboxylic acids is 1. The van der Waals surface area contributed by atoms with Gasteiger partial charge in [-0.05, 0) is 32.9 Å². The molecule has 0 fully saturated rings. The molecule has 0 saturated carbocycles. The molecule has 0 radical (unpaired) electrons. The lowest BCUT2D eigenvalue weighted by Crippen LogP contribution is -2.40. The first-order chi connectivity index (χ1) is 10.1. The molecule has 0 aliphatic heterocycles. The lowest BCUT2D eigenvalue weighted by Gasteiger charge is -2.09. The molecular formula is C16H22N4O. The third-order valence-corrected chi connectivity index (χ3v) is 3.05. The number of para-hydroxylation sites is 1. The van der Waals surface area contributed by atoms with E-state index in [1.54, 1.807) is 0 Å². The summed E-state index contributed by atoms with van der Waals surface area (Å²) >= 11 is 0. The molecule has 5 heteroatoms. The van der Waals surface area contributed by atoms with Crippen LogP contribution in [0.5, 0.6) is 0 Å². The van der Waals surface area contributed by atoms with E-state index in [9.17, 15) is 4.79 Å². The van der Waals surface area contributed by atoms with Gasteiger partial charge in [-0.25, -0.2) is 9.78 Å². The van der Waals surface area contributed by atoms with Gasteiger partial charge in [0, 0.05) is 30.9 Å². The fraction of sp³-hybridized carbons (Fsp3) is 0.375. The van der Waals surface area contributed by atoms with E-state index in [4.69, 9.17) is 0 Å². The standard InChI is InChI=1S/C16H22N4O/c1-12(2)18-16(21)17-10-9-14-11-20(13(3)19-14)15-7-5-4-6-8-15/h4-8,11-12H,9-10H2,1-3H3,(H2,17,18,21). The van der Waals surface area contributed by atoms with Gasteiger partial charge in [0.2, 0.25) is 0 Å². The molecule has 0 unspecified atom stereocenters. The summed E-state index contributed by atoms with van der Waals surface area (Å²) in [4.78, 5) is 16.0. The normalized spacial score (nSPS) is 10.7. The molecule has 1 aromatic heterocycles. The zero-order chi connectivity index (χ0) is 15.2. The summed E-state index contributed by atoms with van der Waals surface area (Å²) in [5, 5.41) is 5.63. The van der Waals surface area contributed by atoms with Gasteiger partial charge in [0.05, 0.1) is 5.69 Å². The molecule has 21 heavy (non-hydrogen) atoms. The van der Waals surface area contributed by atoms with E-state index >= 15 is 0 Å². The number of carbonyl (C=O) groups is 1. The highest BCUT2D eigenvalue weighted by molar-refractivity contribution is 5.74. The second kappa shape index (κ2) is 6.92. The number of nitrogens with zero attached hydrogens (tertiary/aromatic N) is 2. The minimum Gasteiger partial charge on any atom is -0.338 e. The largest absolute Gasteiger partial charge is 0.338 e. The predicted octanol–water partition coefficient (Wildman–Crippen LogP) is 2.43. The quantitative estimate of drug-likeness (QED) is 0.887. The van der Waals surface area contributed by atoms with Crippen LogP contribution in [0.15, 0.2) is 36.5 Å². The maximum Gasteiger partial charge on any atom is 0.314 e. The van der Waals surface area contributed by atoms with E-state index in [1.807, 2.05) is 57.3 Å². The van der Waals surface area contributed by atoms with Crippen LogP contribution in [-0.2, 0) is 6.42 Å². The predicted molar refractivity (Wildman–Crippen MR) is 83.7 cm³/mol. The van der Waals surface area contributed by atoms with Crippen LogP contribution >= 0.6 is 0 Å². The highest BCUT2D eigenvalue weighted by Gasteiger charge is 2.07. The Labute approximate surface area is 125 Å². The highest BCUT2D eigenvalue weighted by Crippen LogP contribution is 2.12. The van der Waals surface area contributed by atoms with Crippen LogP contribution in [0.25, 0.3) is 5.69 Å². The third kappa shape index (κ3) is 4.34. The van der Waals surface area contributed by atoms with Crippen LogP contribution in [0.1, 0.15) is 25.4 Å². The second-order valence-electron chi connectivity index (χ2n) is 5.29. The van der Waals surface area contributed by atoms with Crippen molar-refractivity contribution in [3.63, 3.8) is 0 Å². The van der Waals surface area contributed by atoms with E-state index in [-0.39, 0.29) is 12.1 Å². The number of hydrogen-bond acceptors (Lipinski definition) is 2. The number of imidazole rings is 1. The first kappa shape index (κ1) is 15.1. The molecule has 2 aromatic rings. The molecular weight excluding hydrogens is 264 g/mol. The lowest BCUT2D eigenvalue weighted by atomic mass is 10.3. The van der Waals surface area contributed by atoms with Crippen molar-refractivity contribution in [2.24, 2.45) is 0 Å². The summed E-state index contributed by atoms with van der Waals surface area (Å²) in [6, 6.07) is 10.1. The van der Waals surface area contributed by atoms with Gasteiger partial charge in [0.15, 0.2) is 0 Å². The number of aromatic nitrogens is 2. The Kier molecular flexibility index (Phi) is 4.98. The van der Waals surface area contributed by atoms with Crippen molar-refractivity contribution in [2.75, 3.05) is 6.54 Å². The molecule has 2 N–H and O–H groups in total. The summed E-state index contributed by atoms with van der Waals surface area (Å²) in [5.41, 5.74) is 2.07. The summed E-state index contributed by atoms with van der Waals surface area (Å²) in [6.45, 7) is 6.42. The van der Waals surface area contributed by atoms with Gasteiger partial charge in [-0.3, -0.25) is 0 Å². The molecule has 0 bridgehead atoms. The zero-order valence-electron chi connectivity index (χ0n) is 12.8. The maximum absolute atomic E-state index is 11.5. The van der Waals surface area contributed by atoms with Gasteiger partial charge < -0.3 is 15.2 Å². The molecule has 0 saturated heterocycles. The molecule has 112 valence electrons. The van der Waals surface area contributed by atoms with Crippen LogP contribution in [0, 0.1) is 6.92 Å². The Morgan fingerprint density at radius 2 is 2.00 bits per heavy atom. The first-order valence-corrected chi connectivity index (χ1v) is 7.21. The summed E-state index contributed by atoms with van der Waals surface area (Å²) in [7, 11) is 0. The van der Waals surface area contributed by atoms with E-state index < -0.39 is 0 Å². The SMILES string of the molecule is Cc1nc(CCNC(=O)NC(C)C)cn1-c1ccccc1. The fourth-order valence-corrected chi connectivity index (χ4v) is 2.12. The molecule has 0 atom stereocenters. The van der Waals surface area contributed by atoms with Crippen LogP contribution < -0.4 is 10.6 Å². The Morgan fingerprint density at radius 1 is 1.29 bits per heavy atom. The molecule has 2 rings (SSSR count). The molecule has 5 nitrogen and oxygen atoms in total. The zero-order valence-corrected chi connectivity index (χ0v) is 12.8. The van der Waals surface area contributed by atoms with Crippen LogP contribution in [0.4, 0.5) is 4.79 Å². The third-order valence-electron chi connectivity index (χ3n) is 3.05. The number of rotatable bonds is 5. The summed E-state index contributed by atoms with van der Waals surface area (Å²) < 4.78 is 2.06. The number of aryl methyl sites for hydroxylation is 1. The van der Waals surface area contributed by atoms with Crippen molar-refractivity contribution >= 4 is 6.03 Å². The number of hydrogen-bond donors (Lipinski definition) is 2. The molecule has 0 spiro atoms.